The van der Waals surface area contributed by atoms with E-state index in [1.165, 1.54) is 89.7 Å². The molecule has 0 saturated heterocycles. The Balaban J connectivity index is 1.32. The Morgan fingerprint density at radius 1 is 0.727 bits per heavy atom. The van der Waals surface area contributed by atoms with Gasteiger partial charge in [-0.25, -0.2) is 4.57 Å². The maximum Gasteiger partial charge on any atom is 0.319 e. The van der Waals surface area contributed by atoms with Crippen molar-refractivity contribution in [1.82, 2.24) is 0 Å². The summed E-state index contributed by atoms with van der Waals surface area (Å²) in [6.45, 7) is 2.80. The molecule has 1 aromatic heterocycles. The maximum absolute atomic E-state index is 12.5. The van der Waals surface area contributed by atoms with E-state index in [9.17, 15) is 9.46 Å². The van der Waals surface area contributed by atoms with E-state index in [0.29, 0.717) is 6.54 Å². The first-order valence-electron chi connectivity index (χ1n) is 16.4. The fourth-order valence-corrected chi connectivity index (χ4v) is 5.89. The molecule has 242 valence electrons. The van der Waals surface area contributed by atoms with Crippen LogP contribution >= 0.6 is 7.82 Å². The zero-order chi connectivity index (χ0) is 31.3. The average Bonchev–Trinajstić information content (AvgIpc) is 3.02. The van der Waals surface area contributed by atoms with E-state index in [1.807, 2.05) is 53.4 Å². The summed E-state index contributed by atoms with van der Waals surface area (Å²) in [5.74, 6) is 0.936. The van der Waals surface area contributed by atoms with Crippen LogP contribution in [0.1, 0.15) is 95.1 Å². The van der Waals surface area contributed by atoms with Crippen molar-refractivity contribution in [2.75, 3.05) is 20.3 Å². The number of methoxy groups -OCH3 is 1. The number of phosphoric acid groups is 1. The zero-order valence-electron chi connectivity index (χ0n) is 26.7. The van der Waals surface area contributed by atoms with Crippen molar-refractivity contribution in [3.05, 3.63) is 90.3 Å². The molecule has 0 saturated carbocycles. The molecular weight excluding hydrogens is 573 g/mol. The molecule has 1 heterocycles. The van der Waals surface area contributed by atoms with Crippen LogP contribution in [0, 0.1) is 0 Å². The quantitative estimate of drug-likeness (QED) is 0.0567. The molecule has 2 aromatic carbocycles. The molecule has 0 amide bonds. The van der Waals surface area contributed by atoms with Gasteiger partial charge in [0.25, 0.3) is 0 Å². The zero-order valence-corrected chi connectivity index (χ0v) is 27.6. The number of hydrogen-bond acceptors (Lipinski definition) is 6. The highest BCUT2D eigenvalue weighted by Gasteiger charge is 2.17. The number of aryl methyl sites for hydroxylation is 1. The number of hydrogen-bond donors (Lipinski definition) is 0. The number of pyridine rings is 1. The van der Waals surface area contributed by atoms with Crippen LogP contribution in [0.5, 0.6) is 11.5 Å². The molecule has 0 radical (unpaired) electrons. The van der Waals surface area contributed by atoms with Gasteiger partial charge >= 0.3 is 7.82 Å². The molecule has 0 aliphatic heterocycles. The van der Waals surface area contributed by atoms with Gasteiger partial charge in [-0.05, 0) is 42.7 Å². The Hall–Kier alpha value is -2.70. The molecule has 7 nitrogen and oxygen atoms in total. The Bertz CT molecular complexity index is 1220. The summed E-state index contributed by atoms with van der Waals surface area (Å²) in [6.07, 6.45) is 20.4. The van der Waals surface area contributed by atoms with Gasteiger partial charge < -0.3 is 23.4 Å². The van der Waals surface area contributed by atoms with Crippen molar-refractivity contribution >= 4 is 7.82 Å². The van der Waals surface area contributed by atoms with Crippen molar-refractivity contribution in [3.8, 4) is 11.5 Å². The van der Waals surface area contributed by atoms with E-state index in [-0.39, 0.29) is 19.0 Å². The topological polar surface area (TPSA) is 80.9 Å². The first-order chi connectivity index (χ1) is 21.5. The van der Waals surface area contributed by atoms with Crippen molar-refractivity contribution in [2.24, 2.45) is 0 Å². The predicted molar refractivity (Wildman–Crippen MR) is 174 cm³/mol. The number of aromatic nitrogens is 1. The molecule has 0 N–H and O–H groups in total. The van der Waals surface area contributed by atoms with Crippen LogP contribution in [0.2, 0.25) is 0 Å². The minimum Gasteiger partial charge on any atom is -0.746 e. The fraction of sp³-hybridized carbons (Fsp3) is 0.528. The van der Waals surface area contributed by atoms with E-state index in [1.54, 1.807) is 18.2 Å². The minimum atomic E-state index is -4.61. The van der Waals surface area contributed by atoms with Gasteiger partial charge in [0.05, 0.1) is 6.61 Å². The Kier molecular flexibility index (Phi) is 17.2. The minimum absolute atomic E-state index is 0.155. The smallest absolute Gasteiger partial charge is 0.319 e. The number of phosphoric ester groups is 1. The number of ether oxygens (including phenoxy) is 2. The summed E-state index contributed by atoms with van der Waals surface area (Å²) < 4.78 is 36.3. The standard InChI is InChI=1S/C36H52NO6P/c1-3-4-5-6-7-8-9-10-11-12-13-15-20-32-21-18-23-34(27-32)41-30-36(40-2)31-42-44(38,39)43-35-24-19-22-33(28-35)29-37-25-16-14-17-26-37/h14,16-19,21-28,36H,3-13,15,20,29-31H2,1-2H3. The Morgan fingerprint density at radius 2 is 1.32 bits per heavy atom. The molecule has 0 bridgehead atoms. The van der Waals surface area contributed by atoms with Crippen LogP contribution in [-0.4, -0.2) is 26.4 Å². The van der Waals surface area contributed by atoms with Crippen molar-refractivity contribution in [3.63, 3.8) is 0 Å². The lowest BCUT2D eigenvalue weighted by atomic mass is 10.0. The van der Waals surface area contributed by atoms with Crippen LogP contribution in [0.15, 0.2) is 79.1 Å². The maximum atomic E-state index is 12.5. The van der Waals surface area contributed by atoms with Gasteiger partial charge in [0.2, 0.25) is 0 Å². The summed E-state index contributed by atoms with van der Waals surface area (Å²) in [4.78, 5) is 12.5. The summed E-state index contributed by atoms with van der Waals surface area (Å²) >= 11 is 0. The average molecular weight is 626 g/mol. The van der Waals surface area contributed by atoms with Crippen LogP contribution in [-0.2, 0) is 26.8 Å². The van der Waals surface area contributed by atoms with Crippen LogP contribution in [0.3, 0.4) is 0 Å². The molecule has 0 aliphatic rings. The Labute approximate surface area is 265 Å². The summed E-state index contributed by atoms with van der Waals surface area (Å²) in [5, 5.41) is 0. The Morgan fingerprint density at radius 3 is 1.98 bits per heavy atom. The first-order valence-corrected chi connectivity index (χ1v) is 17.9. The normalized spacial score (nSPS) is 13.3. The van der Waals surface area contributed by atoms with E-state index in [0.717, 1.165) is 17.7 Å². The molecule has 2 atom stereocenters. The third-order valence-corrected chi connectivity index (χ3v) is 8.56. The monoisotopic (exact) mass is 625 g/mol. The van der Waals surface area contributed by atoms with Gasteiger partial charge in [-0.15, -0.1) is 0 Å². The number of unbranched alkanes of at least 4 members (excludes halogenated alkanes) is 11. The highest BCUT2D eigenvalue weighted by Crippen LogP contribution is 2.40. The van der Waals surface area contributed by atoms with Gasteiger partial charge in [-0.1, -0.05) is 108 Å². The van der Waals surface area contributed by atoms with E-state index < -0.39 is 13.9 Å². The molecular formula is C36H52NO6P. The third-order valence-electron chi connectivity index (χ3n) is 7.66. The molecule has 3 aromatic rings. The summed E-state index contributed by atoms with van der Waals surface area (Å²) in [5.41, 5.74) is 2.15. The van der Waals surface area contributed by atoms with Crippen LogP contribution in [0.4, 0.5) is 0 Å². The predicted octanol–water partition coefficient (Wildman–Crippen LogP) is 8.22. The highest BCUT2D eigenvalue weighted by atomic mass is 31.2. The van der Waals surface area contributed by atoms with Gasteiger partial charge in [-0.3, -0.25) is 4.57 Å². The second kappa shape index (κ2) is 21.1. The van der Waals surface area contributed by atoms with E-state index in [4.69, 9.17) is 18.5 Å². The molecule has 2 unspecified atom stereocenters. The number of rotatable bonds is 24. The molecule has 8 heteroatoms. The summed E-state index contributed by atoms with van der Waals surface area (Å²) in [7, 11) is -3.11. The highest BCUT2D eigenvalue weighted by molar-refractivity contribution is 7.46. The lowest BCUT2D eigenvalue weighted by Gasteiger charge is -2.25. The van der Waals surface area contributed by atoms with E-state index >= 15 is 0 Å². The van der Waals surface area contributed by atoms with Crippen LogP contribution in [0.25, 0.3) is 0 Å². The number of nitrogens with zero attached hydrogens (tertiary/aromatic N) is 1. The lowest BCUT2D eigenvalue weighted by Crippen LogP contribution is -2.32. The van der Waals surface area contributed by atoms with Gasteiger partial charge in [0, 0.05) is 24.8 Å². The largest absolute Gasteiger partial charge is 0.746 e. The molecule has 3 rings (SSSR count). The molecule has 0 spiro atoms. The lowest BCUT2D eigenvalue weighted by molar-refractivity contribution is -0.688. The van der Waals surface area contributed by atoms with Crippen LogP contribution < -0.4 is 18.7 Å². The molecule has 0 aliphatic carbocycles. The second-order valence-corrected chi connectivity index (χ2v) is 12.8. The van der Waals surface area contributed by atoms with Crippen molar-refractivity contribution < 1.29 is 32.5 Å². The van der Waals surface area contributed by atoms with Gasteiger partial charge in [-0.2, -0.15) is 0 Å². The molecule has 0 fully saturated rings. The van der Waals surface area contributed by atoms with E-state index in [2.05, 4.69) is 19.1 Å². The molecule has 44 heavy (non-hydrogen) atoms. The SMILES string of the molecule is CCCCCCCCCCCCCCc1cccc(OCC(COP(=O)([O-])Oc2cccc(C[n+]3ccccc3)c2)OC)c1. The van der Waals surface area contributed by atoms with Crippen molar-refractivity contribution in [2.45, 2.75) is 103 Å². The van der Waals surface area contributed by atoms with Gasteiger partial charge in [0.1, 0.15) is 24.2 Å². The van der Waals surface area contributed by atoms with Crippen molar-refractivity contribution in [1.29, 1.82) is 0 Å². The van der Waals surface area contributed by atoms with Gasteiger partial charge in [0.15, 0.2) is 18.9 Å². The second-order valence-electron chi connectivity index (χ2n) is 11.5. The summed E-state index contributed by atoms with van der Waals surface area (Å²) in [6, 6.07) is 20.8. The fourth-order valence-electron chi connectivity index (χ4n) is 5.12. The number of benzene rings is 2. The first kappa shape index (κ1) is 35.8. The third kappa shape index (κ3) is 15.3.